The number of nitrogens with one attached hydrogen (secondary N) is 1. The van der Waals surface area contributed by atoms with Crippen molar-refractivity contribution in [2.45, 2.75) is 30.6 Å². The summed E-state index contributed by atoms with van der Waals surface area (Å²) in [6.45, 7) is 3.06. The number of anilines is 1. The number of alkyl halides is 2. The summed E-state index contributed by atoms with van der Waals surface area (Å²) in [5.74, 6) is -2.43. The Morgan fingerprint density at radius 2 is 1.64 bits per heavy atom. The molecule has 0 radical (unpaired) electrons. The molecular weight excluding hydrogens is 348 g/mol. The second kappa shape index (κ2) is 8.62. The number of ether oxygens (including phenoxy) is 1. The standard InChI is InChI=1S/C18H17F2NO3S/c1-11(22)13-3-7-15(8-4-13)24-12(2)17(23)21-14-5-9-16(10-6-14)25-18(19)20/h3-10,12,18H,1-2H3,(H,21,23). The van der Waals surface area contributed by atoms with Gasteiger partial charge >= 0.3 is 0 Å². The fourth-order valence-electron chi connectivity index (χ4n) is 1.99. The first kappa shape index (κ1) is 18.9. The Bertz CT molecular complexity index is 733. The van der Waals surface area contributed by atoms with Gasteiger partial charge < -0.3 is 10.1 Å². The zero-order valence-electron chi connectivity index (χ0n) is 13.7. The van der Waals surface area contributed by atoms with E-state index in [1.807, 2.05) is 0 Å². The minimum absolute atomic E-state index is 0.0502. The van der Waals surface area contributed by atoms with Gasteiger partial charge in [0, 0.05) is 16.1 Å². The Morgan fingerprint density at radius 3 is 2.16 bits per heavy atom. The zero-order valence-corrected chi connectivity index (χ0v) is 14.5. The molecule has 0 aromatic heterocycles. The van der Waals surface area contributed by atoms with Crippen LogP contribution in [0.25, 0.3) is 0 Å². The van der Waals surface area contributed by atoms with Crippen LogP contribution >= 0.6 is 11.8 Å². The summed E-state index contributed by atoms with van der Waals surface area (Å²) in [6.07, 6.45) is -0.765. The highest BCUT2D eigenvalue weighted by molar-refractivity contribution is 7.99. The first-order chi connectivity index (χ1) is 11.8. The maximum absolute atomic E-state index is 12.3. The van der Waals surface area contributed by atoms with Crippen LogP contribution in [-0.4, -0.2) is 23.6 Å². The number of rotatable bonds is 7. The third-order valence-corrected chi connectivity index (χ3v) is 4.01. The van der Waals surface area contributed by atoms with Crippen molar-refractivity contribution in [3.8, 4) is 5.75 Å². The van der Waals surface area contributed by atoms with Crippen molar-refractivity contribution >= 4 is 29.1 Å². The minimum atomic E-state index is -2.48. The normalized spacial score (nSPS) is 11.9. The van der Waals surface area contributed by atoms with E-state index in [4.69, 9.17) is 4.74 Å². The van der Waals surface area contributed by atoms with Gasteiger partial charge in [0.1, 0.15) is 5.75 Å². The summed E-state index contributed by atoms with van der Waals surface area (Å²) < 4.78 is 30.1. The fraction of sp³-hybridized carbons (Fsp3) is 0.222. The average Bonchev–Trinajstić information content (AvgIpc) is 2.56. The van der Waals surface area contributed by atoms with Gasteiger partial charge in [-0.3, -0.25) is 9.59 Å². The maximum atomic E-state index is 12.3. The van der Waals surface area contributed by atoms with Gasteiger partial charge in [-0.2, -0.15) is 8.78 Å². The molecule has 2 rings (SSSR count). The number of hydrogen-bond donors (Lipinski definition) is 1. The Hall–Kier alpha value is -2.41. The second-order valence-electron chi connectivity index (χ2n) is 5.23. The van der Waals surface area contributed by atoms with Gasteiger partial charge in [0.15, 0.2) is 11.9 Å². The smallest absolute Gasteiger partial charge is 0.288 e. The van der Waals surface area contributed by atoms with E-state index in [1.165, 1.54) is 19.1 Å². The number of hydrogen-bond acceptors (Lipinski definition) is 4. The van der Waals surface area contributed by atoms with Crippen LogP contribution in [0.3, 0.4) is 0 Å². The molecule has 0 saturated heterocycles. The van der Waals surface area contributed by atoms with Crippen LogP contribution in [0.2, 0.25) is 0 Å². The highest BCUT2D eigenvalue weighted by Crippen LogP contribution is 2.26. The minimum Gasteiger partial charge on any atom is -0.481 e. The molecule has 0 aliphatic rings. The molecule has 0 heterocycles. The van der Waals surface area contributed by atoms with Crippen molar-refractivity contribution in [2.24, 2.45) is 0 Å². The van der Waals surface area contributed by atoms with E-state index in [2.05, 4.69) is 5.32 Å². The Morgan fingerprint density at radius 1 is 1.04 bits per heavy atom. The molecule has 0 spiro atoms. The lowest BCUT2D eigenvalue weighted by molar-refractivity contribution is -0.122. The highest BCUT2D eigenvalue weighted by Gasteiger charge is 2.15. The number of Topliss-reactive ketones (excluding diaryl/α,β-unsaturated/α-hetero) is 1. The van der Waals surface area contributed by atoms with E-state index in [0.29, 0.717) is 33.7 Å². The largest absolute Gasteiger partial charge is 0.481 e. The van der Waals surface area contributed by atoms with Gasteiger partial charge in [-0.05, 0) is 62.4 Å². The number of carbonyl (C=O) groups excluding carboxylic acids is 2. The molecule has 25 heavy (non-hydrogen) atoms. The van der Waals surface area contributed by atoms with Gasteiger partial charge in [0.2, 0.25) is 0 Å². The lowest BCUT2D eigenvalue weighted by atomic mass is 10.1. The monoisotopic (exact) mass is 365 g/mol. The molecule has 7 heteroatoms. The molecule has 2 aromatic rings. The van der Waals surface area contributed by atoms with E-state index < -0.39 is 11.9 Å². The van der Waals surface area contributed by atoms with Crippen LogP contribution in [0.5, 0.6) is 5.75 Å². The number of amides is 1. The SMILES string of the molecule is CC(=O)c1ccc(OC(C)C(=O)Nc2ccc(SC(F)F)cc2)cc1. The molecule has 0 aliphatic carbocycles. The summed E-state index contributed by atoms with van der Waals surface area (Å²) in [4.78, 5) is 23.8. The van der Waals surface area contributed by atoms with Crippen molar-refractivity contribution in [3.63, 3.8) is 0 Å². The van der Waals surface area contributed by atoms with Gasteiger partial charge in [-0.25, -0.2) is 0 Å². The summed E-state index contributed by atoms with van der Waals surface area (Å²) in [7, 11) is 0. The third kappa shape index (κ3) is 5.86. The molecule has 2 aromatic carbocycles. The van der Waals surface area contributed by atoms with Crippen LogP contribution < -0.4 is 10.1 Å². The van der Waals surface area contributed by atoms with E-state index in [0.717, 1.165) is 0 Å². The van der Waals surface area contributed by atoms with Crippen LogP contribution in [-0.2, 0) is 4.79 Å². The van der Waals surface area contributed by atoms with Gasteiger partial charge in [0.25, 0.3) is 11.7 Å². The first-order valence-corrected chi connectivity index (χ1v) is 8.36. The van der Waals surface area contributed by atoms with E-state index in [1.54, 1.807) is 43.3 Å². The van der Waals surface area contributed by atoms with Crippen molar-refractivity contribution in [1.82, 2.24) is 0 Å². The third-order valence-electron chi connectivity index (χ3n) is 3.29. The van der Waals surface area contributed by atoms with Crippen LogP contribution in [0, 0.1) is 0 Å². The van der Waals surface area contributed by atoms with Crippen LogP contribution in [0.1, 0.15) is 24.2 Å². The Labute approximate surface area is 148 Å². The molecule has 1 unspecified atom stereocenters. The number of benzene rings is 2. The topological polar surface area (TPSA) is 55.4 Å². The van der Waals surface area contributed by atoms with Gasteiger partial charge in [-0.15, -0.1) is 0 Å². The second-order valence-corrected chi connectivity index (χ2v) is 6.30. The fourth-order valence-corrected chi connectivity index (χ4v) is 2.49. The van der Waals surface area contributed by atoms with Crippen LogP contribution in [0.15, 0.2) is 53.4 Å². The number of halogens is 2. The van der Waals surface area contributed by atoms with Gasteiger partial charge in [0.05, 0.1) is 0 Å². The summed E-state index contributed by atoms with van der Waals surface area (Å²) >= 11 is 0.442. The molecule has 0 saturated carbocycles. The summed E-state index contributed by atoms with van der Waals surface area (Å²) in [6, 6.07) is 12.6. The summed E-state index contributed by atoms with van der Waals surface area (Å²) in [5.41, 5.74) is 1.05. The van der Waals surface area contributed by atoms with E-state index >= 15 is 0 Å². The van der Waals surface area contributed by atoms with Crippen molar-refractivity contribution in [3.05, 3.63) is 54.1 Å². The molecule has 4 nitrogen and oxygen atoms in total. The van der Waals surface area contributed by atoms with E-state index in [9.17, 15) is 18.4 Å². The van der Waals surface area contributed by atoms with Crippen molar-refractivity contribution < 1.29 is 23.1 Å². The number of carbonyl (C=O) groups is 2. The molecule has 0 aliphatic heterocycles. The molecule has 1 amide bonds. The molecular formula is C18H17F2NO3S. The van der Waals surface area contributed by atoms with Crippen LogP contribution in [0.4, 0.5) is 14.5 Å². The lowest BCUT2D eigenvalue weighted by Crippen LogP contribution is -2.30. The molecule has 0 bridgehead atoms. The van der Waals surface area contributed by atoms with Crippen molar-refractivity contribution in [1.29, 1.82) is 0 Å². The van der Waals surface area contributed by atoms with Crippen molar-refractivity contribution in [2.75, 3.05) is 5.32 Å². The first-order valence-electron chi connectivity index (χ1n) is 7.48. The summed E-state index contributed by atoms with van der Waals surface area (Å²) in [5, 5.41) is 2.66. The zero-order chi connectivity index (χ0) is 18.4. The van der Waals surface area contributed by atoms with E-state index in [-0.39, 0.29) is 11.7 Å². The number of thioether (sulfide) groups is 1. The molecule has 0 fully saturated rings. The Kier molecular flexibility index (Phi) is 6.52. The highest BCUT2D eigenvalue weighted by atomic mass is 32.2. The number of ketones is 1. The maximum Gasteiger partial charge on any atom is 0.288 e. The molecule has 1 N–H and O–H groups in total. The lowest BCUT2D eigenvalue weighted by Gasteiger charge is -2.15. The van der Waals surface area contributed by atoms with Gasteiger partial charge in [-0.1, -0.05) is 11.8 Å². The molecule has 1 atom stereocenters. The predicted octanol–water partition coefficient (Wildman–Crippen LogP) is 4.61. The quantitative estimate of drug-likeness (QED) is 0.575. The predicted molar refractivity (Wildman–Crippen MR) is 93.5 cm³/mol. The molecule has 132 valence electrons. The Balaban J connectivity index is 1.92. The average molecular weight is 365 g/mol.